The molecule has 2 atom stereocenters. The Kier molecular flexibility index (Phi) is 6.34. The molecule has 7 nitrogen and oxygen atoms in total. The summed E-state index contributed by atoms with van der Waals surface area (Å²) in [6, 6.07) is 5.10. The van der Waals surface area contributed by atoms with E-state index in [1.54, 1.807) is 11.8 Å². The number of urea groups is 1. The number of nitrogens with one attached hydrogen (secondary N) is 1. The molecule has 2 N–H and O–H groups in total. The van der Waals surface area contributed by atoms with Gasteiger partial charge in [-0.2, -0.15) is 0 Å². The fourth-order valence-electron chi connectivity index (χ4n) is 3.01. The van der Waals surface area contributed by atoms with Crippen molar-refractivity contribution < 1.29 is 24.2 Å². The summed E-state index contributed by atoms with van der Waals surface area (Å²) in [4.78, 5) is 25.4. The molecule has 1 aromatic carbocycles. The zero-order chi connectivity index (χ0) is 19.3. The van der Waals surface area contributed by atoms with E-state index in [9.17, 15) is 14.7 Å². The summed E-state index contributed by atoms with van der Waals surface area (Å²) in [7, 11) is 0. The van der Waals surface area contributed by atoms with Gasteiger partial charge in [0.05, 0.1) is 24.7 Å². The zero-order valence-corrected chi connectivity index (χ0v) is 15.9. The van der Waals surface area contributed by atoms with Gasteiger partial charge in [0.1, 0.15) is 0 Å². The highest BCUT2D eigenvalue weighted by Gasteiger charge is 2.42. The lowest BCUT2D eigenvalue weighted by atomic mass is 9.90. The van der Waals surface area contributed by atoms with Gasteiger partial charge in [-0.3, -0.25) is 4.79 Å². The van der Waals surface area contributed by atoms with Crippen molar-refractivity contribution in [3.8, 4) is 11.5 Å². The third-order valence-corrected chi connectivity index (χ3v) is 4.68. The van der Waals surface area contributed by atoms with Gasteiger partial charge in [-0.25, -0.2) is 4.79 Å². The lowest BCUT2D eigenvalue weighted by Gasteiger charge is -2.23. The summed E-state index contributed by atoms with van der Waals surface area (Å²) >= 11 is 0. The number of hydrogen-bond acceptors (Lipinski definition) is 4. The Balaban J connectivity index is 2.05. The first kappa shape index (κ1) is 19.9. The average Bonchev–Trinajstić information content (AvgIpc) is 3.01. The summed E-state index contributed by atoms with van der Waals surface area (Å²) in [5, 5.41) is 12.2. The molecule has 1 aromatic rings. The number of ether oxygens (including phenoxy) is 2. The molecule has 1 aliphatic rings. The Hall–Kier alpha value is -2.44. The molecule has 0 bridgehead atoms. The van der Waals surface area contributed by atoms with Crippen molar-refractivity contribution in [1.82, 2.24) is 10.2 Å². The van der Waals surface area contributed by atoms with E-state index in [1.165, 1.54) is 0 Å². The number of hydrogen-bond donors (Lipinski definition) is 2. The lowest BCUT2D eigenvalue weighted by Crippen LogP contribution is -2.41. The summed E-state index contributed by atoms with van der Waals surface area (Å²) in [6.07, 6.45) is 0.460. The molecule has 2 amide bonds. The van der Waals surface area contributed by atoms with E-state index in [1.807, 2.05) is 39.0 Å². The molecular formula is C19H28N2O5. The number of carboxylic acid groups (broad SMARTS) is 1. The van der Waals surface area contributed by atoms with Crippen molar-refractivity contribution in [2.24, 2.45) is 5.41 Å². The van der Waals surface area contributed by atoms with Gasteiger partial charge in [-0.1, -0.05) is 6.07 Å². The Morgan fingerprint density at radius 1 is 1.27 bits per heavy atom. The monoisotopic (exact) mass is 364 g/mol. The minimum Gasteiger partial charge on any atom is -0.490 e. The van der Waals surface area contributed by atoms with E-state index >= 15 is 0 Å². The molecule has 26 heavy (non-hydrogen) atoms. The summed E-state index contributed by atoms with van der Waals surface area (Å²) in [6.45, 7) is 9.09. The maximum atomic E-state index is 12.5. The Morgan fingerprint density at radius 3 is 2.50 bits per heavy atom. The number of nitrogens with zero attached hydrogens (tertiary/aromatic N) is 1. The van der Waals surface area contributed by atoms with E-state index in [2.05, 4.69) is 5.32 Å². The second-order valence-corrected chi connectivity index (χ2v) is 6.78. The number of benzene rings is 1. The van der Waals surface area contributed by atoms with Crippen LogP contribution in [-0.4, -0.2) is 48.3 Å². The van der Waals surface area contributed by atoms with Crippen LogP contribution < -0.4 is 14.8 Å². The third-order valence-electron chi connectivity index (χ3n) is 4.68. The van der Waals surface area contributed by atoms with E-state index in [-0.39, 0.29) is 18.6 Å². The highest BCUT2D eigenvalue weighted by molar-refractivity contribution is 5.79. The normalized spacial score (nSPS) is 20.5. The van der Waals surface area contributed by atoms with Gasteiger partial charge in [0.25, 0.3) is 0 Å². The minimum absolute atomic E-state index is 0.217. The van der Waals surface area contributed by atoms with E-state index in [4.69, 9.17) is 9.47 Å². The van der Waals surface area contributed by atoms with Gasteiger partial charge in [-0.05, 0) is 51.8 Å². The standard InChI is InChI=1S/C19H28N2O5/c1-5-25-15-8-7-14(11-16(15)26-6-2)13(3)20-18(24)21-10-9-19(4,12-21)17(22)23/h7-8,11,13H,5-6,9-10,12H2,1-4H3,(H,20,24)(H,22,23). The molecule has 7 heteroatoms. The smallest absolute Gasteiger partial charge is 0.317 e. The molecule has 1 saturated heterocycles. The zero-order valence-electron chi connectivity index (χ0n) is 15.9. The summed E-state index contributed by atoms with van der Waals surface area (Å²) in [5.41, 5.74) is 0.0208. The Bertz CT molecular complexity index is 663. The number of likely N-dealkylation sites (tertiary alicyclic amines) is 1. The molecule has 2 rings (SSSR count). The molecule has 2 unspecified atom stereocenters. The van der Waals surface area contributed by atoms with Crippen LogP contribution in [0.2, 0.25) is 0 Å². The van der Waals surface area contributed by atoms with Crippen molar-refractivity contribution in [1.29, 1.82) is 0 Å². The van der Waals surface area contributed by atoms with Crippen LogP contribution in [0, 0.1) is 5.41 Å². The molecule has 0 aromatic heterocycles. The predicted octanol–water partition coefficient (Wildman–Crippen LogP) is 3.05. The van der Waals surface area contributed by atoms with Crippen molar-refractivity contribution in [2.75, 3.05) is 26.3 Å². The number of rotatable bonds is 7. The fraction of sp³-hybridized carbons (Fsp3) is 0.579. The minimum atomic E-state index is -0.873. The van der Waals surface area contributed by atoms with Gasteiger partial charge < -0.3 is 24.8 Å². The number of aliphatic carboxylic acids is 1. The Labute approximate surface area is 154 Å². The van der Waals surface area contributed by atoms with Crippen LogP contribution in [-0.2, 0) is 4.79 Å². The van der Waals surface area contributed by atoms with Gasteiger partial charge >= 0.3 is 12.0 Å². The largest absolute Gasteiger partial charge is 0.490 e. The van der Waals surface area contributed by atoms with Crippen LogP contribution in [0.15, 0.2) is 18.2 Å². The molecule has 0 aliphatic carbocycles. The van der Waals surface area contributed by atoms with Crippen molar-refractivity contribution >= 4 is 12.0 Å². The van der Waals surface area contributed by atoms with Crippen molar-refractivity contribution in [3.05, 3.63) is 23.8 Å². The number of amides is 2. The van der Waals surface area contributed by atoms with Gasteiger partial charge in [-0.15, -0.1) is 0 Å². The van der Waals surface area contributed by atoms with Crippen LogP contribution in [0.25, 0.3) is 0 Å². The third kappa shape index (κ3) is 4.39. The molecule has 1 fully saturated rings. The van der Waals surface area contributed by atoms with Gasteiger partial charge in [0.15, 0.2) is 11.5 Å². The van der Waals surface area contributed by atoms with Crippen LogP contribution in [0.4, 0.5) is 4.79 Å². The molecule has 0 radical (unpaired) electrons. The summed E-state index contributed by atoms with van der Waals surface area (Å²) in [5.74, 6) is 0.453. The number of carbonyl (C=O) groups is 2. The summed E-state index contributed by atoms with van der Waals surface area (Å²) < 4.78 is 11.2. The Morgan fingerprint density at radius 2 is 1.92 bits per heavy atom. The molecule has 0 saturated carbocycles. The highest BCUT2D eigenvalue weighted by atomic mass is 16.5. The fourth-order valence-corrected chi connectivity index (χ4v) is 3.01. The van der Waals surface area contributed by atoms with Crippen LogP contribution in [0.1, 0.15) is 45.7 Å². The topological polar surface area (TPSA) is 88.1 Å². The van der Waals surface area contributed by atoms with E-state index < -0.39 is 11.4 Å². The molecule has 0 spiro atoms. The quantitative estimate of drug-likeness (QED) is 0.776. The van der Waals surface area contributed by atoms with Crippen LogP contribution in [0.5, 0.6) is 11.5 Å². The van der Waals surface area contributed by atoms with Crippen LogP contribution >= 0.6 is 0 Å². The first-order valence-electron chi connectivity index (χ1n) is 8.99. The first-order valence-corrected chi connectivity index (χ1v) is 8.99. The lowest BCUT2D eigenvalue weighted by molar-refractivity contribution is -0.147. The van der Waals surface area contributed by atoms with E-state index in [0.717, 1.165) is 5.56 Å². The number of carboxylic acids is 1. The predicted molar refractivity (Wildman–Crippen MR) is 97.7 cm³/mol. The maximum Gasteiger partial charge on any atom is 0.317 e. The second-order valence-electron chi connectivity index (χ2n) is 6.78. The highest BCUT2D eigenvalue weighted by Crippen LogP contribution is 2.32. The van der Waals surface area contributed by atoms with Gasteiger partial charge in [0, 0.05) is 13.1 Å². The molecule has 1 heterocycles. The van der Waals surface area contributed by atoms with Crippen molar-refractivity contribution in [2.45, 2.75) is 40.2 Å². The first-order chi connectivity index (χ1) is 12.3. The maximum absolute atomic E-state index is 12.5. The number of carbonyl (C=O) groups excluding carboxylic acids is 1. The van der Waals surface area contributed by atoms with E-state index in [0.29, 0.717) is 37.7 Å². The van der Waals surface area contributed by atoms with Crippen LogP contribution in [0.3, 0.4) is 0 Å². The molecular weight excluding hydrogens is 336 g/mol. The average molecular weight is 364 g/mol. The van der Waals surface area contributed by atoms with Gasteiger partial charge in [0.2, 0.25) is 0 Å². The molecule has 144 valence electrons. The SMILES string of the molecule is CCOc1ccc(C(C)NC(=O)N2CCC(C)(C(=O)O)C2)cc1OCC. The van der Waals surface area contributed by atoms with Crippen molar-refractivity contribution in [3.63, 3.8) is 0 Å². The molecule has 1 aliphatic heterocycles. The second kappa shape index (κ2) is 8.29.